The lowest BCUT2D eigenvalue weighted by Crippen LogP contribution is -2.39. The van der Waals surface area contributed by atoms with Crippen molar-refractivity contribution < 1.29 is 14.3 Å². The molecule has 0 atom stereocenters. The summed E-state index contributed by atoms with van der Waals surface area (Å²) < 4.78 is 5.47. The van der Waals surface area contributed by atoms with E-state index in [4.69, 9.17) is 4.74 Å². The molecule has 0 spiro atoms. The van der Waals surface area contributed by atoms with Crippen LogP contribution in [0.2, 0.25) is 0 Å². The van der Waals surface area contributed by atoms with E-state index in [0.29, 0.717) is 26.1 Å². The number of methoxy groups -OCH3 is 1. The predicted octanol–water partition coefficient (Wildman–Crippen LogP) is 2.88. The van der Waals surface area contributed by atoms with Crippen LogP contribution in [0.15, 0.2) is 6.07 Å². The molecular weight excluding hydrogens is 328 g/mol. The van der Waals surface area contributed by atoms with E-state index < -0.39 is 0 Å². The van der Waals surface area contributed by atoms with Crippen LogP contribution in [0, 0.1) is 26.7 Å². The molecule has 0 saturated carbocycles. The molecule has 1 aromatic rings. The van der Waals surface area contributed by atoms with Gasteiger partial charge in [-0.25, -0.2) is 0 Å². The Morgan fingerprint density at radius 1 is 1.04 bits per heavy atom. The van der Waals surface area contributed by atoms with Crippen LogP contribution in [-0.4, -0.2) is 54.9 Å². The van der Waals surface area contributed by atoms with Crippen LogP contribution in [0.25, 0.3) is 0 Å². The van der Waals surface area contributed by atoms with Crippen molar-refractivity contribution in [1.29, 1.82) is 0 Å². The van der Waals surface area contributed by atoms with Gasteiger partial charge in [0.15, 0.2) is 0 Å². The molecule has 1 aliphatic heterocycles. The first kappa shape index (κ1) is 20.3. The molecule has 1 heterocycles. The molecule has 0 unspecified atom stereocenters. The van der Waals surface area contributed by atoms with Crippen molar-refractivity contribution in [2.24, 2.45) is 5.92 Å². The summed E-state index contributed by atoms with van der Waals surface area (Å²) in [6.45, 7) is 12.6. The Hall–Kier alpha value is -2.04. The Kier molecular flexibility index (Phi) is 6.68. The molecule has 1 saturated heterocycles. The smallest absolute Gasteiger partial charge is 0.227 e. The second kappa shape index (κ2) is 8.56. The van der Waals surface area contributed by atoms with Crippen LogP contribution >= 0.6 is 0 Å². The number of carbonyl (C=O) groups is 2. The quantitative estimate of drug-likeness (QED) is 0.830. The van der Waals surface area contributed by atoms with Crippen molar-refractivity contribution in [3.8, 4) is 5.75 Å². The second-order valence-electron chi connectivity index (χ2n) is 7.53. The maximum atomic E-state index is 12.9. The molecule has 0 radical (unpaired) electrons. The second-order valence-corrected chi connectivity index (χ2v) is 7.53. The molecule has 1 fully saturated rings. The molecule has 0 N–H and O–H groups in total. The maximum Gasteiger partial charge on any atom is 0.227 e. The van der Waals surface area contributed by atoms with Gasteiger partial charge in [0.05, 0.1) is 13.5 Å². The number of benzene rings is 1. The Morgan fingerprint density at radius 2 is 1.65 bits per heavy atom. The first-order valence-corrected chi connectivity index (χ1v) is 9.46. The zero-order valence-electron chi connectivity index (χ0n) is 17.0. The summed E-state index contributed by atoms with van der Waals surface area (Å²) in [5, 5.41) is 0. The molecule has 26 heavy (non-hydrogen) atoms. The standard InChI is InChI=1S/C21H32N2O3/c1-14(2)21(25)23-9-7-8-22(10-11-23)19(24)13-18-12-15(3)20(26-6)17(5)16(18)4/h12,14H,7-11,13H2,1-6H3. The molecule has 0 aromatic heterocycles. The minimum absolute atomic E-state index is 0.00477. The minimum atomic E-state index is 0.00477. The fourth-order valence-corrected chi connectivity index (χ4v) is 3.67. The summed E-state index contributed by atoms with van der Waals surface area (Å²) in [4.78, 5) is 28.9. The van der Waals surface area contributed by atoms with Gasteiger partial charge >= 0.3 is 0 Å². The van der Waals surface area contributed by atoms with Crippen LogP contribution < -0.4 is 4.74 Å². The summed E-state index contributed by atoms with van der Waals surface area (Å²) in [5.74, 6) is 1.22. The van der Waals surface area contributed by atoms with Gasteiger partial charge in [-0.15, -0.1) is 0 Å². The Labute approximate surface area is 157 Å². The Balaban J connectivity index is 2.08. The summed E-state index contributed by atoms with van der Waals surface area (Å²) in [6, 6.07) is 2.06. The Bertz CT molecular complexity index is 682. The van der Waals surface area contributed by atoms with Gasteiger partial charge in [-0.1, -0.05) is 19.9 Å². The highest BCUT2D eigenvalue weighted by Crippen LogP contribution is 2.29. The third kappa shape index (κ3) is 4.37. The zero-order valence-corrected chi connectivity index (χ0v) is 17.0. The monoisotopic (exact) mass is 360 g/mol. The lowest BCUT2D eigenvalue weighted by Gasteiger charge is -2.24. The van der Waals surface area contributed by atoms with E-state index in [0.717, 1.165) is 41.0 Å². The van der Waals surface area contributed by atoms with E-state index in [1.165, 1.54) is 0 Å². The SMILES string of the molecule is COc1c(C)cc(CC(=O)N2CCCN(C(=O)C(C)C)CC2)c(C)c1C. The summed E-state index contributed by atoms with van der Waals surface area (Å²) in [5.41, 5.74) is 4.33. The molecule has 5 nitrogen and oxygen atoms in total. The molecule has 0 bridgehead atoms. The predicted molar refractivity (Wildman–Crippen MR) is 104 cm³/mol. The van der Waals surface area contributed by atoms with Crippen LogP contribution in [0.1, 0.15) is 42.5 Å². The van der Waals surface area contributed by atoms with E-state index in [9.17, 15) is 9.59 Å². The minimum Gasteiger partial charge on any atom is -0.496 e. The summed E-state index contributed by atoms with van der Waals surface area (Å²) in [7, 11) is 1.68. The number of ether oxygens (including phenoxy) is 1. The average molecular weight is 360 g/mol. The number of hydrogen-bond donors (Lipinski definition) is 0. The first-order chi connectivity index (χ1) is 12.3. The lowest BCUT2D eigenvalue weighted by atomic mass is 9.96. The van der Waals surface area contributed by atoms with Crippen LogP contribution in [0.5, 0.6) is 5.75 Å². The normalized spacial score (nSPS) is 15.2. The Morgan fingerprint density at radius 3 is 2.27 bits per heavy atom. The summed E-state index contributed by atoms with van der Waals surface area (Å²) >= 11 is 0. The zero-order chi connectivity index (χ0) is 19.4. The molecule has 0 aliphatic carbocycles. The number of carbonyl (C=O) groups excluding carboxylic acids is 2. The van der Waals surface area contributed by atoms with Gasteiger partial charge in [-0.05, 0) is 49.4 Å². The van der Waals surface area contributed by atoms with Crippen LogP contribution in [-0.2, 0) is 16.0 Å². The van der Waals surface area contributed by atoms with Gasteiger partial charge in [0, 0.05) is 32.1 Å². The lowest BCUT2D eigenvalue weighted by molar-refractivity contribution is -0.135. The summed E-state index contributed by atoms with van der Waals surface area (Å²) in [6.07, 6.45) is 1.24. The van der Waals surface area contributed by atoms with Crippen molar-refractivity contribution in [3.63, 3.8) is 0 Å². The first-order valence-electron chi connectivity index (χ1n) is 9.46. The number of nitrogens with zero attached hydrogens (tertiary/aromatic N) is 2. The number of rotatable bonds is 4. The van der Waals surface area contributed by atoms with E-state index in [1.807, 2.05) is 44.4 Å². The van der Waals surface area contributed by atoms with E-state index in [-0.39, 0.29) is 17.7 Å². The van der Waals surface area contributed by atoms with Gasteiger partial charge in [-0.2, -0.15) is 0 Å². The highest BCUT2D eigenvalue weighted by molar-refractivity contribution is 5.80. The van der Waals surface area contributed by atoms with E-state index >= 15 is 0 Å². The third-order valence-corrected chi connectivity index (χ3v) is 5.33. The largest absolute Gasteiger partial charge is 0.496 e. The number of hydrogen-bond acceptors (Lipinski definition) is 3. The van der Waals surface area contributed by atoms with Crippen molar-refractivity contribution in [1.82, 2.24) is 9.80 Å². The van der Waals surface area contributed by atoms with Crippen molar-refractivity contribution in [3.05, 3.63) is 28.3 Å². The fourth-order valence-electron chi connectivity index (χ4n) is 3.67. The molecule has 5 heteroatoms. The molecular formula is C21H32N2O3. The fraction of sp³-hybridized carbons (Fsp3) is 0.619. The van der Waals surface area contributed by atoms with Gasteiger partial charge < -0.3 is 14.5 Å². The van der Waals surface area contributed by atoms with Gasteiger partial charge in [0.1, 0.15) is 5.75 Å². The average Bonchev–Trinajstić information content (AvgIpc) is 2.85. The topological polar surface area (TPSA) is 49.9 Å². The highest BCUT2D eigenvalue weighted by atomic mass is 16.5. The van der Waals surface area contributed by atoms with Crippen molar-refractivity contribution in [2.45, 2.75) is 47.5 Å². The van der Waals surface area contributed by atoms with Crippen molar-refractivity contribution >= 4 is 11.8 Å². The van der Waals surface area contributed by atoms with E-state index in [2.05, 4.69) is 6.07 Å². The van der Waals surface area contributed by atoms with Gasteiger partial charge in [0.2, 0.25) is 11.8 Å². The molecule has 2 amide bonds. The third-order valence-electron chi connectivity index (χ3n) is 5.33. The molecule has 1 aliphatic rings. The van der Waals surface area contributed by atoms with Gasteiger partial charge in [-0.3, -0.25) is 9.59 Å². The molecule has 2 rings (SSSR count). The molecule has 1 aromatic carbocycles. The molecule has 144 valence electrons. The number of aryl methyl sites for hydroxylation is 1. The van der Waals surface area contributed by atoms with Crippen LogP contribution in [0.3, 0.4) is 0 Å². The number of amides is 2. The van der Waals surface area contributed by atoms with Crippen LogP contribution in [0.4, 0.5) is 0 Å². The van der Waals surface area contributed by atoms with E-state index in [1.54, 1.807) is 7.11 Å². The highest BCUT2D eigenvalue weighted by Gasteiger charge is 2.24. The van der Waals surface area contributed by atoms with Crippen molar-refractivity contribution in [2.75, 3.05) is 33.3 Å². The maximum absolute atomic E-state index is 12.9. The van der Waals surface area contributed by atoms with Gasteiger partial charge in [0.25, 0.3) is 0 Å².